The first-order valence-electron chi connectivity index (χ1n) is 4.92. The summed E-state index contributed by atoms with van der Waals surface area (Å²) in [5.74, 6) is 0.287. The quantitative estimate of drug-likeness (QED) is 0.727. The molecule has 0 N–H and O–H groups in total. The maximum atomic E-state index is 13.2. The van der Waals surface area contributed by atoms with Crippen molar-refractivity contribution < 1.29 is 4.39 Å². The van der Waals surface area contributed by atoms with Gasteiger partial charge >= 0.3 is 0 Å². The van der Waals surface area contributed by atoms with Gasteiger partial charge in [0.15, 0.2) is 0 Å². The van der Waals surface area contributed by atoms with Crippen LogP contribution in [0.25, 0.3) is 0 Å². The zero-order chi connectivity index (χ0) is 10.8. The van der Waals surface area contributed by atoms with E-state index < -0.39 is 5.95 Å². The molecule has 0 spiro atoms. The first-order valence-corrected chi connectivity index (χ1v) is 5.71. The highest BCUT2D eigenvalue weighted by Crippen LogP contribution is 2.19. The lowest BCUT2D eigenvalue weighted by Crippen LogP contribution is -2.44. The van der Waals surface area contributed by atoms with Crippen LogP contribution in [-0.4, -0.2) is 43.1 Å². The van der Waals surface area contributed by atoms with Crippen LogP contribution >= 0.6 is 15.9 Å². The van der Waals surface area contributed by atoms with Crippen molar-refractivity contribution in [1.82, 2.24) is 9.88 Å². The zero-order valence-electron chi connectivity index (χ0n) is 8.58. The van der Waals surface area contributed by atoms with Gasteiger partial charge < -0.3 is 9.80 Å². The molecule has 0 saturated carbocycles. The number of hydrogen-bond donors (Lipinski definition) is 0. The maximum Gasteiger partial charge on any atom is 0.229 e. The van der Waals surface area contributed by atoms with Gasteiger partial charge in [-0.3, -0.25) is 0 Å². The lowest BCUT2D eigenvalue weighted by Gasteiger charge is -2.33. The second kappa shape index (κ2) is 4.45. The summed E-state index contributed by atoms with van der Waals surface area (Å²) in [5, 5.41) is 0. The zero-order valence-corrected chi connectivity index (χ0v) is 10.2. The van der Waals surface area contributed by atoms with Crippen LogP contribution in [0.2, 0.25) is 0 Å². The monoisotopic (exact) mass is 273 g/mol. The second-order valence-electron chi connectivity index (χ2n) is 3.73. The van der Waals surface area contributed by atoms with E-state index in [2.05, 4.69) is 37.8 Å². The maximum absolute atomic E-state index is 13.2. The Balaban J connectivity index is 2.12. The lowest BCUT2D eigenvalue weighted by atomic mass is 10.3. The van der Waals surface area contributed by atoms with Crippen LogP contribution in [0.4, 0.5) is 10.2 Å². The fraction of sp³-hybridized carbons (Fsp3) is 0.500. The van der Waals surface area contributed by atoms with Gasteiger partial charge in [0.1, 0.15) is 5.82 Å². The Morgan fingerprint density at radius 1 is 1.27 bits per heavy atom. The average Bonchev–Trinajstić information content (AvgIpc) is 2.23. The summed E-state index contributed by atoms with van der Waals surface area (Å²) in [7, 11) is 2.09. The Bertz CT molecular complexity index is 351. The number of rotatable bonds is 1. The van der Waals surface area contributed by atoms with Crippen LogP contribution in [-0.2, 0) is 0 Å². The number of halogens is 2. The van der Waals surface area contributed by atoms with Gasteiger partial charge in [-0.2, -0.15) is 4.39 Å². The van der Waals surface area contributed by atoms with Gasteiger partial charge in [-0.05, 0) is 35.1 Å². The van der Waals surface area contributed by atoms with Gasteiger partial charge in [0.05, 0.1) is 4.47 Å². The van der Waals surface area contributed by atoms with E-state index >= 15 is 0 Å². The van der Waals surface area contributed by atoms with Crippen molar-refractivity contribution in [2.45, 2.75) is 0 Å². The van der Waals surface area contributed by atoms with Crippen LogP contribution in [0.15, 0.2) is 16.6 Å². The molecule has 0 bridgehead atoms. The number of nitrogens with zero attached hydrogens (tertiary/aromatic N) is 3. The van der Waals surface area contributed by atoms with Gasteiger partial charge in [-0.25, -0.2) is 4.98 Å². The predicted octanol–water partition coefficient (Wildman–Crippen LogP) is 1.73. The Labute approximate surface area is 97.0 Å². The highest BCUT2D eigenvalue weighted by molar-refractivity contribution is 9.10. The highest BCUT2D eigenvalue weighted by atomic mass is 79.9. The molecule has 15 heavy (non-hydrogen) atoms. The number of hydrogen-bond acceptors (Lipinski definition) is 3. The van der Waals surface area contributed by atoms with E-state index in [-0.39, 0.29) is 0 Å². The van der Waals surface area contributed by atoms with Crippen molar-refractivity contribution in [3.8, 4) is 0 Å². The molecular formula is C10H13BrFN3. The lowest BCUT2D eigenvalue weighted by molar-refractivity contribution is 0.311. The number of anilines is 1. The third kappa shape index (κ3) is 2.46. The molecule has 0 atom stereocenters. The fourth-order valence-electron chi connectivity index (χ4n) is 1.62. The standard InChI is InChI=1S/C10H13BrFN3/c1-14-4-6-15(7-5-14)9-3-2-8(11)10(12)13-9/h2-3H,4-7H2,1H3. The topological polar surface area (TPSA) is 19.4 Å². The summed E-state index contributed by atoms with van der Waals surface area (Å²) < 4.78 is 13.6. The largest absolute Gasteiger partial charge is 0.354 e. The molecule has 1 aromatic heterocycles. The van der Waals surface area contributed by atoms with Crippen LogP contribution in [0.3, 0.4) is 0 Å². The SMILES string of the molecule is CN1CCN(c2ccc(Br)c(F)n2)CC1. The first kappa shape index (κ1) is 10.8. The van der Waals surface area contributed by atoms with Crippen molar-refractivity contribution in [1.29, 1.82) is 0 Å². The number of pyridine rings is 1. The summed E-state index contributed by atoms with van der Waals surface area (Å²) in [6.45, 7) is 3.81. The smallest absolute Gasteiger partial charge is 0.229 e. The molecule has 2 rings (SSSR count). The molecule has 2 heterocycles. The summed E-state index contributed by atoms with van der Waals surface area (Å²) in [6.07, 6.45) is 0. The van der Waals surface area contributed by atoms with Crippen LogP contribution in [0, 0.1) is 5.95 Å². The van der Waals surface area contributed by atoms with Crippen molar-refractivity contribution in [3.63, 3.8) is 0 Å². The second-order valence-corrected chi connectivity index (χ2v) is 4.59. The molecule has 1 aromatic rings. The highest BCUT2D eigenvalue weighted by Gasteiger charge is 2.16. The van der Waals surface area contributed by atoms with Gasteiger partial charge in [0.2, 0.25) is 5.95 Å². The molecule has 0 aromatic carbocycles. The number of aromatic nitrogens is 1. The van der Waals surface area contributed by atoms with E-state index in [1.165, 1.54) is 0 Å². The third-order valence-corrected chi connectivity index (χ3v) is 3.21. The Morgan fingerprint density at radius 3 is 2.53 bits per heavy atom. The summed E-state index contributed by atoms with van der Waals surface area (Å²) >= 11 is 3.10. The minimum atomic E-state index is -0.438. The van der Waals surface area contributed by atoms with E-state index in [9.17, 15) is 4.39 Å². The van der Waals surface area contributed by atoms with Crippen molar-refractivity contribution in [3.05, 3.63) is 22.6 Å². The van der Waals surface area contributed by atoms with E-state index in [0.29, 0.717) is 4.47 Å². The Hall–Kier alpha value is -0.680. The molecule has 0 unspecified atom stereocenters. The molecule has 0 radical (unpaired) electrons. The van der Waals surface area contributed by atoms with Gasteiger partial charge in [-0.1, -0.05) is 0 Å². The molecule has 1 fully saturated rings. The molecule has 82 valence electrons. The van der Waals surface area contributed by atoms with Crippen LogP contribution in [0.5, 0.6) is 0 Å². The normalized spacial score (nSPS) is 18.2. The predicted molar refractivity (Wildman–Crippen MR) is 61.6 cm³/mol. The van der Waals surface area contributed by atoms with Gasteiger partial charge in [0, 0.05) is 26.2 Å². The van der Waals surface area contributed by atoms with Gasteiger partial charge in [0.25, 0.3) is 0 Å². The molecule has 3 nitrogen and oxygen atoms in total. The average molecular weight is 274 g/mol. The minimum Gasteiger partial charge on any atom is -0.354 e. The van der Waals surface area contributed by atoms with Crippen molar-refractivity contribution >= 4 is 21.7 Å². The van der Waals surface area contributed by atoms with Crippen molar-refractivity contribution in [2.24, 2.45) is 0 Å². The molecule has 1 aliphatic rings. The molecule has 1 aliphatic heterocycles. The number of piperazine rings is 1. The van der Waals surface area contributed by atoms with Crippen LogP contribution in [0.1, 0.15) is 0 Å². The fourth-order valence-corrected chi connectivity index (χ4v) is 1.84. The Kier molecular flexibility index (Phi) is 3.21. The minimum absolute atomic E-state index is 0.417. The summed E-state index contributed by atoms with van der Waals surface area (Å²) in [6, 6.07) is 3.55. The van der Waals surface area contributed by atoms with E-state index in [4.69, 9.17) is 0 Å². The molecule has 0 aliphatic carbocycles. The van der Waals surface area contributed by atoms with E-state index in [1.54, 1.807) is 6.07 Å². The molecular weight excluding hydrogens is 261 g/mol. The van der Waals surface area contributed by atoms with E-state index in [1.807, 2.05) is 6.07 Å². The van der Waals surface area contributed by atoms with E-state index in [0.717, 1.165) is 32.0 Å². The van der Waals surface area contributed by atoms with Gasteiger partial charge in [-0.15, -0.1) is 0 Å². The number of likely N-dealkylation sites (N-methyl/N-ethyl adjacent to an activating group) is 1. The summed E-state index contributed by atoms with van der Waals surface area (Å²) in [4.78, 5) is 8.28. The molecule has 0 amide bonds. The van der Waals surface area contributed by atoms with Crippen molar-refractivity contribution in [2.75, 3.05) is 38.1 Å². The Morgan fingerprint density at radius 2 is 1.93 bits per heavy atom. The van der Waals surface area contributed by atoms with Crippen LogP contribution < -0.4 is 4.90 Å². The third-order valence-electron chi connectivity index (χ3n) is 2.62. The molecule has 5 heteroatoms. The summed E-state index contributed by atoms with van der Waals surface area (Å²) in [5.41, 5.74) is 0. The molecule has 1 saturated heterocycles. The first-order chi connectivity index (χ1) is 7.16.